The normalized spacial score (nSPS) is 22.0. The summed E-state index contributed by atoms with van der Waals surface area (Å²) in [5, 5.41) is 2.33. The molecule has 2 aromatic carbocycles. The Morgan fingerprint density at radius 1 is 1.10 bits per heavy atom. The fraction of sp³-hybridized carbons (Fsp3) is 0.543. The highest BCUT2D eigenvalue weighted by Gasteiger charge is 2.40. The van der Waals surface area contributed by atoms with Crippen LogP contribution >= 0.6 is 0 Å². The fourth-order valence-electron chi connectivity index (χ4n) is 7.90. The maximum Gasteiger partial charge on any atom is 0.208 e. The highest BCUT2D eigenvalue weighted by molar-refractivity contribution is 7.79. The van der Waals surface area contributed by atoms with E-state index in [0.717, 1.165) is 42.4 Å². The standard InChI is InChI=1S/C35H46N2O3S/c1-10-36-32-18-30-25(16-28(32)26(21-41(39)40)20-34(36,6)7)14-24-15-27-22(2)19-33(4,5)37(13-11-12-23(3)38)31(27)17-29(24)35(30,8)9/h14-18,20,22H,10-13,19,21H2,1-9H3/p+1. The van der Waals surface area contributed by atoms with Gasteiger partial charge in [0.25, 0.3) is 0 Å². The zero-order valence-corrected chi connectivity index (χ0v) is 27.2. The predicted octanol–water partition coefficient (Wildman–Crippen LogP) is 5.52. The third-order valence-electron chi connectivity index (χ3n) is 9.75. The Labute approximate surface area is 248 Å². The minimum Gasteiger partial charge on any atom is -0.366 e. The van der Waals surface area contributed by atoms with Crippen LogP contribution in [-0.4, -0.2) is 44.5 Å². The van der Waals surface area contributed by atoms with E-state index in [-0.39, 0.29) is 28.0 Å². The average molecular weight is 576 g/mol. The lowest BCUT2D eigenvalue weighted by molar-refractivity contribution is -0.117. The maximum atomic E-state index is 12.0. The van der Waals surface area contributed by atoms with Gasteiger partial charge in [-0.2, -0.15) is 0 Å². The van der Waals surface area contributed by atoms with E-state index < -0.39 is 11.1 Å². The Balaban J connectivity index is 1.73. The molecule has 6 heteroatoms. The van der Waals surface area contributed by atoms with E-state index in [2.05, 4.69) is 101 Å². The van der Waals surface area contributed by atoms with Crippen LogP contribution in [0.15, 0.2) is 30.3 Å². The summed E-state index contributed by atoms with van der Waals surface area (Å²) < 4.78 is 24.2. The van der Waals surface area contributed by atoms with Gasteiger partial charge in [0.15, 0.2) is 16.6 Å². The number of benzene rings is 2. The highest BCUT2D eigenvalue weighted by atomic mass is 32.2. The van der Waals surface area contributed by atoms with Crippen LogP contribution in [0.4, 0.5) is 5.69 Å². The Morgan fingerprint density at radius 2 is 1.80 bits per heavy atom. The van der Waals surface area contributed by atoms with Crippen LogP contribution in [0.5, 0.6) is 0 Å². The number of ketones is 1. The minimum absolute atomic E-state index is 0.0136. The smallest absolute Gasteiger partial charge is 0.208 e. The molecule has 0 amide bonds. The van der Waals surface area contributed by atoms with Crippen LogP contribution < -0.4 is 20.1 Å². The van der Waals surface area contributed by atoms with Gasteiger partial charge in [-0.15, -0.1) is 0 Å². The van der Waals surface area contributed by atoms with Gasteiger partial charge in [-0.3, -0.25) is 0 Å². The second-order valence-corrected chi connectivity index (χ2v) is 15.1. The Morgan fingerprint density at radius 3 is 2.44 bits per heavy atom. The van der Waals surface area contributed by atoms with Gasteiger partial charge >= 0.3 is 0 Å². The van der Waals surface area contributed by atoms with Crippen LogP contribution in [0.25, 0.3) is 11.6 Å². The Bertz CT molecular complexity index is 1610. The summed E-state index contributed by atoms with van der Waals surface area (Å²) in [7, 11) is 0. The summed E-state index contributed by atoms with van der Waals surface area (Å²) >= 11 is -1.91. The molecule has 2 aromatic rings. The van der Waals surface area contributed by atoms with Gasteiger partial charge in [0, 0.05) is 49.5 Å². The number of rotatable bonds is 7. The van der Waals surface area contributed by atoms with Crippen molar-refractivity contribution in [3.63, 3.8) is 0 Å². The summed E-state index contributed by atoms with van der Waals surface area (Å²) in [5.41, 5.74) is 8.10. The van der Waals surface area contributed by atoms with E-state index in [1.807, 2.05) is 0 Å². The van der Waals surface area contributed by atoms with E-state index >= 15 is 0 Å². The second kappa shape index (κ2) is 10.3. The first-order valence-electron chi connectivity index (χ1n) is 15.1. The van der Waals surface area contributed by atoms with Gasteiger partial charge in [0.1, 0.15) is 12.3 Å². The molecule has 220 valence electrons. The van der Waals surface area contributed by atoms with Gasteiger partial charge in [-0.1, -0.05) is 20.8 Å². The van der Waals surface area contributed by atoms with E-state index in [4.69, 9.17) is 0 Å². The molecular formula is C35H47N2O3S+. The molecule has 3 aliphatic rings. The third-order valence-corrected chi connectivity index (χ3v) is 10.3. The molecule has 0 radical (unpaired) electrons. The molecule has 41 heavy (non-hydrogen) atoms. The van der Waals surface area contributed by atoms with Gasteiger partial charge in [-0.25, -0.2) is 8.78 Å². The molecular weight excluding hydrogens is 528 g/mol. The molecule has 5 rings (SSSR count). The molecule has 1 N–H and O–H groups in total. The Kier molecular flexibility index (Phi) is 7.52. The lowest BCUT2D eigenvalue weighted by atomic mass is 9.69. The van der Waals surface area contributed by atoms with E-state index in [9.17, 15) is 13.6 Å². The number of Topliss-reactive ketones (excluding diaryl/α,β-unsaturated/α-hetero) is 1. The SMILES string of the molecule is CC[N+]1=c2cc3c(cc2C(CS(=O)O)=CC1(C)C)=Cc1cc2c(cc1C3(C)C)N(CCCC(C)=O)C(C)(C)CC2C. The van der Waals surface area contributed by atoms with Gasteiger partial charge in [0.2, 0.25) is 5.36 Å². The quantitative estimate of drug-likeness (QED) is 0.349. The van der Waals surface area contributed by atoms with Crippen molar-refractivity contribution in [1.29, 1.82) is 0 Å². The van der Waals surface area contributed by atoms with Crippen LogP contribution in [0, 0.1) is 0 Å². The minimum atomic E-state index is -1.91. The molecule has 0 bridgehead atoms. The van der Waals surface area contributed by atoms with Crippen LogP contribution in [0.2, 0.25) is 0 Å². The molecule has 0 saturated carbocycles. The van der Waals surface area contributed by atoms with Gasteiger partial charge in [0.05, 0.1) is 11.3 Å². The first-order chi connectivity index (χ1) is 19.1. The molecule has 0 spiro atoms. The first-order valence-corrected chi connectivity index (χ1v) is 16.4. The van der Waals surface area contributed by atoms with Crippen LogP contribution in [0.1, 0.15) is 115 Å². The van der Waals surface area contributed by atoms with Crippen molar-refractivity contribution in [2.75, 3.05) is 23.7 Å². The molecule has 1 aliphatic carbocycles. The molecule has 2 aliphatic heterocycles. The first kappa shape index (κ1) is 29.9. The van der Waals surface area contributed by atoms with Crippen molar-refractivity contribution in [1.82, 2.24) is 4.58 Å². The monoisotopic (exact) mass is 575 g/mol. The molecule has 0 aromatic heterocycles. The van der Waals surface area contributed by atoms with E-state index in [1.54, 1.807) is 6.92 Å². The molecule has 0 saturated heterocycles. The van der Waals surface area contributed by atoms with Crippen molar-refractivity contribution in [3.8, 4) is 0 Å². The topological polar surface area (TPSA) is 60.6 Å². The van der Waals surface area contributed by atoms with E-state index in [1.165, 1.54) is 33.2 Å². The lowest BCUT2D eigenvalue weighted by Crippen LogP contribution is -2.51. The zero-order chi connectivity index (χ0) is 30.1. The van der Waals surface area contributed by atoms with Crippen molar-refractivity contribution in [3.05, 3.63) is 68.7 Å². The molecule has 2 heterocycles. The number of fused-ring (bicyclic) bond motifs is 4. The summed E-state index contributed by atoms with van der Waals surface area (Å²) in [6.07, 6.45) is 7.05. The number of likely N-dealkylation sites (N-methyl/N-ethyl adjacent to an activating group) is 1. The third kappa shape index (κ3) is 5.16. The summed E-state index contributed by atoms with van der Waals surface area (Å²) in [4.78, 5) is 14.3. The van der Waals surface area contributed by atoms with E-state index in [0.29, 0.717) is 12.3 Å². The molecule has 0 fully saturated rings. The van der Waals surface area contributed by atoms with Crippen molar-refractivity contribution < 1.29 is 13.6 Å². The van der Waals surface area contributed by atoms with Gasteiger partial charge < -0.3 is 14.2 Å². The molecule has 5 nitrogen and oxygen atoms in total. The lowest BCUT2D eigenvalue weighted by Gasteiger charge is -2.48. The number of hydrogen-bond acceptors (Lipinski definition) is 3. The van der Waals surface area contributed by atoms with Crippen LogP contribution in [-0.2, 0) is 21.3 Å². The predicted molar refractivity (Wildman–Crippen MR) is 172 cm³/mol. The number of nitrogens with zero attached hydrogens (tertiary/aromatic N) is 2. The summed E-state index contributed by atoms with van der Waals surface area (Å²) in [6, 6.07) is 9.45. The zero-order valence-electron chi connectivity index (χ0n) is 26.4. The maximum absolute atomic E-state index is 12.0. The Hall–Kier alpha value is -2.57. The van der Waals surface area contributed by atoms with Crippen molar-refractivity contribution in [2.45, 2.75) is 104 Å². The largest absolute Gasteiger partial charge is 0.366 e. The number of carbonyl (C=O) groups excluding carboxylic acids is 1. The van der Waals surface area contributed by atoms with Crippen LogP contribution in [0.3, 0.4) is 0 Å². The fourth-order valence-corrected chi connectivity index (χ4v) is 8.40. The molecule has 2 unspecified atom stereocenters. The summed E-state index contributed by atoms with van der Waals surface area (Å²) in [6.45, 7) is 21.6. The highest BCUT2D eigenvalue weighted by Crippen LogP contribution is 2.47. The van der Waals surface area contributed by atoms with Crippen molar-refractivity contribution in [2.24, 2.45) is 0 Å². The number of anilines is 1. The number of hydrogen-bond donors (Lipinski definition) is 1. The summed E-state index contributed by atoms with van der Waals surface area (Å²) in [5.74, 6) is 0.819. The number of carbonyl (C=O) groups is 1. The second-order valence-electron chi connectivity index (χ2n) is 14.1. The average Bonchev–Trinajstić information content (AvgIpc) is 2.84. The van der Waals surface area contributed by atoms with Gasteiger partial charge in [-0.05, 0) is 110 Å². The molecule has 2 atom stereocenters. The van der Waals surface area contributed by atoms with Crippen molar-refractivity contribution >= 4 is 34.2 Å².